The molecule has 1 rings (SSSR count). The molecule has 0 aromatic carbocycles. The maximum atomic E-state index is 11.7. The number of carbonyl (C=O) groups excluding carboxylic acids is 1. The van der Waals surface area contributed by atoms with E-state index in [0.29, 0.717) is 6.61 Å². The Morgan fingerprint density at radius 3 is 2.69 bits per heavy atom. The number of methoxy groups -OCH3 is 1. The number of piperazine rings is 1. The molecule has 1 fully saturated rings. The fourth-order valence-corrected chi connectivity index (χ4v) is 1.52. The molecule has 4 nitrogen and oxygen atoms in total. The molecule has 13 heavy (non-hydrogen) atoms. The molecule has 1 heterocycles. The van der Waals surface area contributed by atoms with Gasteiger partial charge in [0.15, 0.2) is 0 Å². The molecule has 0 aliphatic carbocycles. The predicted octanol–water partition coefficient (Wildman–Crippen LogP) is -0.299. The summed E-state index contributed by atoms with van der Waals surface area (Å²) in [7, 11) is 1.63. The Hall–Kier alpha value is -0.610. The van der Waals surface area contributed by atoms with Gasteiger partial charge in [-0.1, -0.05) is 6.92 Å². The molecule has 0 bridgehead atoms. The average Bonchev–Trinajstić information content (AvgIpc) is 2.18. The van der Waals surface area contributed by atoms with E-state index in [1.807, 2.05) is 11.8 Å². The van der Waals surface area contributed by atoms with Crippen molar-refractivity contribution in [1.82, 2.24) is 10.2 Å². The van der Waals surface area contributed by atoms with Crippen LogP contribution in [0.4, 0.5) is 0 Å². The molecule has 1 aliphatic rings. The molecule has 0 aromatic heterocycles. The van der Waals surface area contributed by atoms with E-state index in [4.69, 9.17) is 4.74 Å². The second-order valence-electron chi connectivity index (χ2n) is 3.43. The van der Waals surface area contributed by atoms with Gasteiger partial charge in [0.1, 0.15) is 0 Å². The van der Waals surface area contributed by atoms with Gasteiger partial charge in [-0.15, -0.1) is 0 Å². The van der Waals surface area contributed by atoms with Crippen LogP contribution in [0.3, 0.4) is 0 Å². The van der Waals surface area contributed by atoms with Crippen molar-refractivity contribution in [3.05, 3.63) is 0 Å². The predicted molar refractivity (Wildman–Crippen MR) is 50.5 cm³/mol. The Labute approximate surface area is 79.2 Å². The maximum Gasteiger partial charge on any atom is 0.227 e. The summed E-state index contributed by atoms with van der Waals surface area (Å²) in [6, 6.07) is 0. The Bertz CT molecular complexity index is 167. The lowest BCUT2D eigenvalue weighted by Crippen LogP contribution is -2.48. The topological polar surface area (TPSA) is 41.6 Å². The smallest absolute Gasteiger partial charge is 0.227 e. The first-order valence-electron chi connectivity index (χ1n) is 4.74. The minimum absolute atomic E-state index is 0.0110. The van der Waals surface area contributed by atoms with E-state index in [9.17, 15) is 4.79 Å². The SMILES string of the molecule is COCC(C)C(=O)N1CCNCC1. The van der Waals surface area contributed by atoms with Crippen LogP contribution in [0.25, 0.3) is 0 Å². The lowest BCUT2D eigenvalue weighted by Gasteiger charge is -2.29. The molecule has 0 spiro atoms. The van der Waals surface area contributed by atoms with E-state index >= 15 is 0 Å². The first-order chi connectivity index (χ1) is 6.25. The van der Waals surface area contributed by atoms with E-state index < -0.39 is 0 Å². The molecular weight excluding hydrogens is 168 g/mol. The van der Waals surface area contributed by atoms with Gasteiger partial charge in [-0.05, 0) is 0 Å². The van der Waals surface area contributed by atoms with Crippen molar-refractivity contribution in [3.8, 4) is 0 Å². The fourth-order valence-electron chi connectivity index (χ4n) is 1.52. The summed E-state index contributed by atoms with van der Waals surface area (Å²) in [6.07, 6.45) is 0. The third kappa shape index (κ3) is 2.97. The largest absolute Gasteiger partial charge is 0.384 e. The van der Waals surface area contributed by atoms with Crippen LogP contribution in [0.15, 0.2) is 0 Å². The van der Waals surface area contributed by atoms with Crippen LogP contribution in [0.1, 0.15) is 6.92 Å². The number of ether oxygens (including phenoxy) is 1. The van der Waals surface area contributed by atoms with Crippen molar-refractivity contribution in [2.75, 3.05) is 39.9 Å². The number of nitrogens with one attached hydrogen (secondary N) is 1. The van der Waals surface area contributed by atoms with Gasteiger partial charge in [0, 0.05) is 33.3 Å². The summed E-state index contributed by atoms with van der Waals surface area (Å²) >= 11 is 0. The number of rotatable bonds is 3. The third-order valence-corrected chi connectivity index (χ3v) is 2.27. The number of hydrogen-bond donors (Lipinski definition) is 1. The van der Waals surface area contributed by atoms with Crippen molar-refractivity contribution in [3.63, 3.8) is 0 Å². The summed E-state index contributed by atoms with van der Waals surface area (Å²) < 4.78 is 4.95. The van der Waals surface area contributed by atoms with E-state index in [-0.39, 0.29) is 11.8 Å². The van der Waals surface area contributed by atoms with E-state index in [1.165, 1.54) is 0 Å². The van der Waals surface area contributed by atoms with Crippen LogP contribution in [0.5, 0.6) is 0 Å². The second kappa shape index (κ2) is 5.19. The van der Waals surface area contributed by atoms with E-state index in [0.717, 1.165) is 26.2 Å². The number of hydrogen-bond acceptors (Lipinski definition) is 3. The molecule has 1 atom stereocenters. The highest BCUT2D eigenvalue weighted by Gasteiger charge is 2.21. The Morgan fingerprint density at radius 2 is 2.15 bits per heavy atom. The van der Waals surface area contributed by atoms with Gasteiger partial charge < -0.3 is 15.0 Å². The summed E-state index contributed by atoms with van der Waals surface area (Å²) in [6.45, 7) is 5.90. The quantitative estimate of drug-likeness (QED) is 0.658. The molecule has 1 unspecified atom stereocenters. The molecule has 1 amide bonds. The molecule has 1 N–H and O–H groups in total. The van der Waals surface area contributed by atoms with Crippen molar-refractivity contribution in [2.45, 2.75) is 6.92 Å². The molecule has 4 heteroatoms. The van der Waals surface area contributed by atoms with Gasteiger partial charge >= 0.3 is 0 Å². The van der Waals surface area contributed by atoms with Gasteiger partial charge in [-0.2, -0.15) is 0 Å². The molecule has 76 valence electrons. The van der Waals surface area contributed by atoms with Crippen molar-refractivity contribution < 1.29 is 9.53 Å². The minimum atomic E-state index is -0.0110. The van der Waals surface area contributed by atoms with Crippen LogP contribution in [0, 0.1) is 5.92 Å². The van der Waals surface area contributed by atoms with Crippen LogP contribution >= 0.6 is 0 Å². The third-order valence-electron chi connectivity index (χ3n) is 2.27. The van der Waals surface area contributed by atoms with E-state index in [2.05, 4.69) is 5.32 Å². The van der Waals surface area contributed by atoms with Gasteiger partial charge in [-0.3, -0.25) is 4.79 Å². The molecule has 0 aromatic rings. The lowest BCUT2D eigenvalue weighted by molar-refractivity contribution is -0.137. The zero-order valence-electron chi connectivity index (χ0n) is 8.38. The normalized spacial score (nSPS) is 20.0. The minimum Gasteiger partial charge on any atom is -0.384 e. The van der Waals surface area contributed by atoms with Gasteiger partial charge in [0.25, 0.3) is 0 Å². The summed E-state index contributed by atoms with van der Waals surface area (Å²) in [5.41, 5.74) is 0. The number of nitrogens with zero attached hydrogens (tertiary/aromatic N) is 1. The first-order valence-corrected chi connectivity index (χ1v) is 4.74. The second-order valence-corrected chi connectivity index (χ2v) is 3.43. The first kappa shape index (κ1) is 10.5. The Kier molecular flexibility index (Phi) is 4.18. The maximum absolute atomic E-state index is 11.7. The van der Waals surface area contributed by atoms with Crippen molar-refractivity contribution in [1.29, 1.82) is 0 Å². The van der Waals surface area contributed by atoms with Gasteiger partial charge in [0.05, 0.1) is 12.5 Å². The molecule has 0 saturated carbocycles. The highest BCUT2D eigenvalue weighted by atomic mass is 16.5. The van der Waals surface area contributed by atoms with Crippen molar-refractivity contribution >= 4 is 5.91 Å². The fraction of sp³-hybridized carbons (Fsp3) is 0.889. The van der Waals surface area contributed by atoms with Crippen LogP contribution in [-0.4, -0.2) is 50.7 Å². The summed E-state index contributed by atoms with van der Waals surface area (Å²) in [4.78, 5) is 13.6. The monoisotopic (exact) mass is 186 g/mol. The van der Waals surface area contributed by atoms with Crippen molar-refractivity contribution in [2.24, 2.45) is 5.92 Å². The Morgan fingerprint density at radius 1 is 1.54 bits per heavy atom. The molecule has 1 saturated heterocycles. The molecular formula is C9H18N2O2. The highest BCUT2D eigenvalue weighted by molar-refractivity contribution is 5.78. The zero-order valence-corrected chi connectivity index (χ0v) is 8.38. The standard InChI is InChI=1S/C9H18N2O2/c1-8(7-13-2)9(12)11-5-3-10-4-6-11/h8,10H,3-7H2,1-2H3. The number of amides is 1. The lowest BCUT2D eigenvalue weighted by atomic mass is 10.1. The number of carbonyl (C=O) groups is 1. The average molecular weight is 186 g/mol. The van der Waals surface area contributed by atoms with Crippen LogP contribution in [-0.2, 0) is 9.53 Å². The summed E-state index contributed by atoms with van der Waals surface area (Å²) in [5, 5.41) is 3.22. The summed E-state index contributed by atoms with van der Waals surface area (Å²) in [5.74, 6) is 0.200. The van der Waals surface area contributed by atoms with Crippen LogP contribution in [0.2, 0.25) is 0 Å². The molecule has 0 radical (unpaired) electrons. The van der Waals surface area contributed by atoms with Crippen LogP contribution < -0.4 is 5.32 Å². The zero-order chi connectivity index (χ0) is 9.68. The molecule has 1 aliphatic heterocycles. The highest BCUT2D eigenvalue weighted by Crippen LogP contribution is 2.03. The van der Waals surface area contributed by atoms with E-state index in [1.54, 1.807) is 7.11 Å². The van der Waals surface area contributed by atoms with Gasteiger partial charge in [0.2, 0.25) is 5.91 Å². The Balaban J connectivity index is 2.36. The van der Waals surface area contributed by atoms with Gasteiger partial charge in [-0.25, -0.2) is 0 Å².